The second-order valence-electron chi connectivity index (χ2n) is 6.69. The summed E-state index contributed by atoms with van der Waals surface area (Å²) in [5.41, 5.74) is 0. The van der Waals surface area contributed by atoms with E-state index in [0.717, 1.165) is 6.42 Å². The summed E-state index contributed by atoms with van der Waals surface area (Å²) in [4.78, 5) is 26.1. The molecule has 0 saturated carbocycles. The number of likely N-dealkylation sites (tertiary alicyclic amines) is 1. The highest BCUT2D eigenvalue weighted by Gasteiger charge is 2.27. The fourth-order valence-corrected chi connectivity index (χ4v) is 3.47. The number of amides is 1. The van der Waals surface area contributed by atoms with Crippen LogP contribution in [-0.2, 0) is 14.3 Å². The lowest BCUT2D eigenvalue weighted by molar-refractivity contribution is -0.158. The normalized spacial score (nSPS) is 21.6. The minimum Gasteiger partial charge on any atom is -0.477 e. The maximum Gasteiger partial charge on any atom is 0.347 e. The van der Waals surface area contributed by atoms with Crippen LogP contribution in [0.4, 0.5) is 0 Å². The van der Waals surface area contributed by atoms with Gasteiger partial charge in [-0.1, -0.05) is 37.0 Å². The van der Waals surface area contributed by atoms with Crippen LogP contribution in [0.1, 0.15) is 27.2 Å². The van der Waals surface area contributed by atoms with Crippen molar-refractivity contribution in [2.24, 2.45) is 11.8 Å². The molecule has 0 spiro atoms. The van der Waals surface area contributed by atoms with E-state index < -0.39 is 12.1 Å². The highest BCUT2D eigenvalue weighted by molar-refractivity contribution is 6.35. The van der Waals surface area contributed by atoms with Crippen molar-refractivity contribution in [1.82, 2.24) is 4.90 Å². The molecular formula is C18H23Cl2NO4. The molecule has 1 saturated heterocycles. The Kier molecular flexibility index (Phi) is 6.96. The largest absolute Gasteiger partial charge is 0.477 e. The fourth-order valence-electron chi connectivity index (χ4n) is 3.02. The highest BCUT2D eigenvalue weighted by Crippen LogP contribution is 2.28. The zero-order chi connectivity index (χ0) is 18.6. The van der Waals surface area contributed by atoms with Crippen LogP contribution in [-0.4, -0.2) is 42.6 Å². The number of rotatable bonds is 5. The molecule has 3 atom stereocenters. The van der Waals surface area contributed by atoms with Gasteiger partial charge in [0.05, 0.1) is 5.02 Å². The molecule has 5 nitrogen and oxygen atoms in total. The molecule has 1 aliphatic rings. The third kappa shape index (κ3) is 5.79. The lowest BCUT2D eigenvalue weighted by atomic mass is 9.92. The van der Waals surface area contributed by atoms with E-state index in [9.17, 15) is 9.59 Å². The molecule has 3 unspecified atom stereocenters. The zero-order valence-corrected chi connectivity index (χ0v) is 16.1. The maximum absolute atomic E-state index is 12.2. The second-order valence-corrected chi connectivity index (χ2v) is 7.53. The summed E-state index contributed by atoms with van der Waals surface area (Å²) in [6.45, 7) is 6.91. The maximum atomic E-state index is 12.2. The van der Waals surface area contributed by atoms with Crippen molar-refractivity contribution in [2.45, 2.75) is 33.3 Å². The summed E-state index contributed by atoms with van der Waals surface area (Å²) in [6.07, 6.45) is 0.224. The molecule has 0 radical (unpaired) electrons. The van der Waals surface area contributed by atoms with E-state index >= 15 is 0 Å². The Morgan fingerprint density at radius 3 is 2.48 bits per heavy atom. The van der Waals surface area contributed by atoms with Gasteiger partial charge >= 0.3 is 5.97 Å². The molecule has 0 aliphatic carbocycles. The number of ether oxygens (including phenoxy) is 2. The molecule has 2 rings (SSSR count). The predicted molar refractivity (Wildman–Crippen MR) is 97.0 cm³/mol. The Hall–Kier alpha value is -1.46. The van der Waals surface area contributed by atoms with Crippen LogP contribution in [0, 0.1) is 11.8 Å². The van der Waals surface area contributed by atoms with Crippen LogP contribution < -0.4 is 4.74 Å². The molecule has 138 valence electrons. The quantitative estimate of drug-likeness (QED) is 0.720. The number of hydrogen-bond acceptors (Lipinski definition) is 4. The van der Waals surface area contributed by atoms with Crippen LogP contribution in [0.25, 0.3) is 0 Å². The SMILES string of the molecule is CC1CC(C)CN(C(=O)COC(=O)C(C)Oc2ccc(Cl)cc2Cl)C1. The average molecular weight is 388 g/mol. The topological polar surface area (TPSA) is 55.8 Å². The third-order valence-corrected chi connectivity index (χ3v) is 4.62. The number of hydrogen-bond donors (Lipinski definition) is 0. The number of halogens is 2. The lowest BCUT2D eigenvalue weighted by Gasteiger charge is -2.34. The van der Waals surface area contributed by atoms with E-state index in [-0.39, 0.29) is 12.5 Å². The van der Waals surface area contributed by atoms with Crippen molar-refractivity contribution in [3.63, 3.8) is 0 Å². The molecular weight excluding hydrogens is 365 g/mol. The summed E-state index contributed by atoms with van der Waals surface area (Å²) in [6, 6.07) is 4.72. The van der Waals surface area contributed by atoms with E-state index in [0.29, 0.717) is 40.7 Å². The standard InChI is InChI=1S/C18H23Cl2NO4/c1-11-6-12(2)9-21(8-11)17(22)10-24-18(23)13(3)25-16-5-4-14(19)7-15(16)20/h4-5,7,11-13H,6,8-10H2,1-3H3. The van der Waals surface area contributed by atoms with E-state index in [1.807, 2.05) is 0 Å². The molecule has 1 amide bonds. The van der Waals surface area contributed by atoms with Gasteiger partial charge in [-0.3, -0.25) is 4.79 Å². The summed E-state index contributed by atoms with van der Waals surface area (Å²) >= 11 is 11.8. The van der Waals surface area contributed by atoms with Gasteiger partial charge in [0.1, 0.15) is 5.75 Å². The Balaban J connectivity index is 1.83. The van der Waals surface area contributed by atoms with Crippen LogP contribution in [0.15, 0.2) is 18.2 Å². The van der Waals surface area contributed by atoms with Crippen molar-refractivity contribution in [3.8, 4) is 5.75 Å². The number of carbonyl (C=O) groups is 2. The molecule has 0 aromatic heterocycles. The Morgan fingerprint density at radius 2 is 1.88 bits per heavy atom. The van der Waals surface area contributed by atoms with Gasteiger partial charge < -0.3 is 14.4 Å². The predicted octanol–water partition coefficient (Wildman–Crippen LogP) is 3.81. The molecule has 1 aromatic rings. The first-order chi connectivity index (χ1) is 11.8. The minimum atomic E-state index is -0.884. The summed E-state index contributed by atoms with van der Waals surface area (Å²) in [5, 5.41) is 0.780. The van der Waals surface area contributed by atoms with Crippen LogP contribution >= 0.6 is 23.2 Å². The van der Waals surface area contributed by atoms with Crippen molar-refractivity contribution >= 4 is 35.1 Å². The van der Waals surface area contributed by atoms with Crippen molar-refractivity contribution in [3.05, 3.63) is 28.2 Å². The molecule has 0 bridgehead atoms. The lowest BCUT2D eigenvalue weighted by Crippen LogP contribution is -2.44. The molecule has 1 fully saturated rings. The molecule has 1 aliphatic heterocycles. The van der Waals surface area contributed by atoms with Gasteiger partial charge in [-0.25, -0.2) is 4.79 Å². The van der Waals surface area contributed by atoms with Crippen LogP contribution in [0.3, 0.4) is 0 Å². The van der Waals surface area contributed by atoms with Crippen molar-refractivity contribution < 1.29 is 19.1 Å². The van der Waals surface area contributed by atoms with Gasteiger partial charge in [-0.15, -0.1) is 0 Å². The van der Waals surface area contributed by atoms with Crippen molar-refractivity contribution in [2.75, 3.05) is 19.7 Å². The van der Waals surface area contributed by atoms with E-state index in [1.54, 1.807) is 24.0 Å². The van der Waals surface area contributed by atoms with Gasteiger partial charge in [-0.05, 0) is 43.4 Å². The highest BCUT2D eigenvalue weighted by atomic mass is 35.5. The molecule has 1 aromatic carbocycles. The summed E-state index contributed by atoms with van der Waals surface area (Å²) in [5.74, 6) is 0.455. The Labute approximate surface area is 158 Å². The number of carbonyl (C=O) groups excluding carboxylic acids is 2. The van der Waals surface area contributed by atoms with Crippen molar-refractivity contribution in [1.29, 1.82) is 0 Å². The first-order valence-corrected chi connectivity index (χ1v) is 9.08. The molecule has 0 N–H and O–H groups in total. The molecule has 7 heteroatoms. The molecule has 25 heavy (non-hydrogen) atoms. The minimum absolute atomic E-state index is 0.177. The second kappa shape index (κ2) is 8.77. The van der Waals surface area contributed by atoms with Crippen LogP contribution in [0.5, 0.6) is 5.75 Å². The van der Waals surface area contributed by atoms with Crippen LogP contribution in [0.2, 0.25) is 10.0 Å². The first-order valence-electron chi connectivity index (χ1n) is 8.32. The van der Waals surface area contributed by atoms with E-state index in [2.05, 4.69) is 13.8 Å². The summed E-state index contributed by atoms with van der Waals surface area (Å²) in [7, 11) is 0. The van der Waals surface area contributed by atoms with Gasteiger partial charge in [0.15, 0.2) is 12.7 Å². The Morgan fingerprint density at radius 1 is 1.24 bits per heavy atom. The number of esters is 1. The number of piperidine rings is 1. The van der Waals surface area contributed by atoms with Gasteiger partial charge in [0.2, 0.25) is 0 Å². The van der Waals surface area contributed by atoms with Gasteiger partial charge in [0, 0.05) is 18.1 Å². The smallest absolute Gasteiger partial charge is 0.347 e. The first kappa shape index (κ1) is 19.9. The van der Waals surface area contributed by atoms with Gasteiger partial charge in [0.25, 0.3) is 5.91 Å². The third-order valence-electron chi connectivity index (χ3n) is 4.09. The fraction of sp³-hybridized carbons (Fsp3) is 0.556. The number of benzene rings is 1. The van der Waals surface area contributed by atoms with E-state index in [4.69, 9.17) is 32.7 Å². The average Bonchev–Trinajstić information content (AvgIpc) is 2.53. The number of nitrogens with zero attached hydrogens (tertiary/aromatic N) is 1. The van der Waals surface area contributed by atoms with Gasteiger partial charge in [-0.2, -0.15) is 0 Å². The Bertz CT molecular complexity index is 628. The van der Waals surface area contributed by atoms with E-state index in [1.165, 1.54) is 6.07 Å². The summed E-state index contributed by atoms with van der Waals surface area (Å²) < 4.78 is 10.6. The zero-order valence-electron chi connectivity index (χ0n) is 14.6. The molecule has 1 heterocycles. The monoisotopic (exact) mass is 387 g/mol.